The fraction of sp³-hybridized carbons (Fsp3) is 0.320. The average molecular weight is 404 g/mol. The number of likely N-dealkylation sites (N-methyl/N-ethyl adjacent to an activating group) is 1. The van der Waals surface area contributed by atoms with E-state index in [1.165, 1.54) is 10.8 Å². The van der Waals surface area contributed by atoms with Crippen LogP contribution in [0, 0.1) is 0 Å². The summed E-state index contributed by atoms with van der Waals surface area (Å²) in [4.78, 5) is 9.92. The minimum absolute atomic E-state index is 0.0190. The molecule has 3 aromatic rings. The number of pyridine rings is 1. The molecule has 1 fully saturated rings. The Hall–Kier alpha value is -2.89. The molecule has 1 N–H and O–H groups in total. The Kier molecular flexibility index (Phi) is 6.62. The normalized spacial score (nSPS) is 15.2. The number of benzene rings is 2. The molecule has 0 aliphatic carbocycles. The van der Waals surface area contributed by atoms with Crippen LogP contribution in [0.3, 0.4) is 0 Å². The summed E-state index contributed by atoms with van der Waals surface area (Å²) in [6, 6.07) is 18.5. The van der Waals surface area contributed by atoms with Gasteiger partial charge in [0, 0.05) is 31.6 Å². The highest BCUT2D eigenvalue weighted by molar-refractivity contribution is 5.94. The van der Waals surface area contributed by atoms with E-state index in [4.69, 9.17) is 14.8 Å². The second-order valence-electron chi connectivity index (χ2n) is 7.49. The molecular formula is C25H29N3O2. The van der Waals surface area contributed by atoms with Gasteiger partial charge in [-0.05, 0) is 41.8 Å². The Bertz CT molecular complexity index is 993. The van der Waals surface area contributed by atoms with Gasteiger partial charge in [0.05, 0.1) is 12.3 Å². The fourth-order valence-electron chi connectivity index (χ4n) is 3.82. The van der Waals surface area contributed by atoms with E-state index in [-0.39, 0.29) is 6.61 Å². The van der Waals surface area contributed by atoms with Gasteiger partial charge in [-0.15, -0.1) is 0 Å². The maximum Gasteiger partial charge on any atom is 0.137 e. The lowest BCUT2D eigenvalue weighted by Crippen LogP contribution is -2.46. The third-order valence-corrected chi connectivity index (χ3v) is 5.55. The largest absolute Gasteiger partial charge is 0.491 e. The number of hydrogen-bond acceptors (Lipinski definition) is 5. The highest BCUT2D eigenvalue weighted by Gasteiger charge is 2.19. The Morgan fingerprint density at radius 1 is 1.00 bits per heavy atom. The summed E-state index contributed by atoms with van der Waals surface area (Å²) in [5.41, 5.74) is 2.04. The Labute approximate surface area is 178 Å². The molecule has 0 saturated carbocycles. The highest BCUT2D eigenvalue weighted by atomic mass is 16.5. The van der Waals surface area contributed by atoms with Crippen molar-refractivity contribution in [3.8, 4) is 5.75 Å². The van der Waals surface area contributed by atoms with E-state index in [1.54, 1.807) is 0 Å². The minimum atomic E-state index is 0.0190. The highest BCUT2D eigenvalue weighted by Crippen LogP contribution is 2.27. The molecule has 5 heteroatoms. The van der Waals surface area contributed by atoms with Crippen molar-refractivity contribution >= 4 is 28.7 Å². The van der Waals surface area contributed by atoms with Crippen LogP contribution in [0.25, 0.3) is 22.9 Å². The van der Waals surface area contributed by atoms with Crippen LogP contribution < -0.4 is 9.64 Å². The van der Waals surface area contributed by atoms with Crippen molar-refractivity contribution in [3.63, 3.8) is 0 Å². The maximum absolute atomic E-state index is 8.86. The molecular weight excluding hydrogens is 374 g/mol. The molecule has 2 aromatic carbocycles. The lowest BCUT2D eigenvalue weighted by Gasteiger charge is -2.35. The summed E-state index contributed by atoms with van der Waals surface area (Å²) in [6.07, 6.45) is 4.15. The number of nitrogens with zero attached hydrogens (tertiary/aromatic N) is 3. The molecule has 5 nitrogen and oxygen atoms in total. The van der Waals surface area contributed by atoms with Crippen molar-refractivity contribution in [2.45, 2.75) is 6.92 Å². The van der Waals surface area contributed by atoms with Crippen LogP contribution in [0.1, 0.15) is 18.2 Å². The number of aromatic nitrogens is 1. The predicted molar refractivity (Wildman–Crippen MR) is 124 cm³/mol. The van der Waals surface area contributed by atoms with Gasteiger partial charge in [0.1, 0.15) is 18.2 Å². The summed E-state index contributed by atoms with van der Waals surface area (Å²) in [5, 5.41) is 11.3. The number of rotatable bonds is 7. The van der Waals surface area contributed by atoms with Crippen molar-refractivity contribution in [1.29, 1.82) is 0 Å². The first-order valence-corrected chi connectivity index (χ1v) is 10.7. The first-order valence-electron chi connectivity index (χ1n) is 10.7. The van der Waals surface area contributed by atoms with Crippen LogP contribution in [-0.2, 0) is 0 Å². The number of piperazine rings is 1. The molecule has 156 valence electrons. The lowest BCUT2D eigenvalue weighted by atomic mass is 10.1. The molecule has 1 aliphatic heterocycles. The second-order valence-corrected chi connectivity index (χ2v) is 7.49. The quantitative estimate of drug-likeness (QED) is 0.648. The standard InChI is InChI=1S/C25H29N3O2/c1-2-27-13-15-28(16-14-27)25-24-6-4-3-5-21(24)19-22(26-25)10-7-20-8-11-23(12-9-20)30-18-17-29/h3-12,19,29H,2,13-18H2,1H3. The van der Waals surface area contributed by atoms with E-state index >= 15 is 0 Å². The predicted octanol–water partition coefficient (Wildman–Crippen LogP) is 3.92. The van der Waals surface area contributed by atoms with Crippen molar-refractivity contribution in [1.82, 2.24) is 9.88 Å². The summed E-state index contributed by atoms with van der Waals surface area (Å²) in [7, 11) is 0. The molecule has 1 saturated heterocycles. The van der Waals surface area contributed by atoms with Gasteiger partial charge in [-0.2, -0.15) is 0 Å². The molecule has 0 spiro atoms. The van der Waals surface area contributed by atoms with Gasteiger partial charge >= 0.3 is 0 Å². The van der Waals surface area contributed by atoms with E-state index < -0.39 is 0 Å². The molecule has 1 aliphatic rings. The second kappa shape index (κ2) is 9.74. The molecule has 0 unspecified atom stereocenters. The van der Waals surface area contributed by atoms with E-state index in [0.29, 0.717) is 6.61 Å². The van der Waals surface area contributed by atoms with Crippen molar-refractivity contribution in [2.24, 2.45) is 0 Å². The van der Waals surface area contributed by atoms with Gasteiger partial charge in [-0.3, -0.25) is 0 Å². The Morgan fingerprint density at radius 3 is 2.50 bits per heavy atom. The SMILES string of the molecule is CCN1CCN(c2nc(C=Cc3ccc(OCCO)cc3)cc3ccccc23)CC1. The van der Waals surface area contributed by atoms with Gasteiger partial charge in [0.25, 0.3) is 0 Å². The van der Waals surface area contributed by atoms with Crippen LogP contribution in [-0.4, -0.2) is 60.9 Å². The van der Waals surface area contributed by atoms with E-state index in [1.807, 2.05) is 24.3 Å². The number of anilines is 1. The fourth-order valence-corrected chi connectivity index (χ4v) is 3.82. The summed E-state index contributed by atoms with van der Waals surface area (Å²) < 4.78 is 5.42. The van der Waals surface area contributed by atoms with Crippen LogP contribution in [0.4, 0.5) is 5.82 Å². The third-order valence-electron chi connectivity index (χ3n) is 5.55. The third kappa shape index (κ3) is 4.81. The summed E-state index contributed by atoms with van der Waals surface area (Å²) >= 11 is 0. The average Bonchev–Trinajstić information content (AvgIpc) is 2.81. The molecule has 0 atom stereocenters. The molecule has 0 amide bonds. The van der Waals surface area contributed by atoms with Gasteiger partial charge in [0.2, 0.25) is 0 Å². The molecule has 2 heterocycles. The van der Waals surface area contributed by atoms with Gasteiger partial charge in [0.15, 0.2) is 0 Å². The zero-order chi connectivity index (χ0) is 20.8. The molecule has 0 bridgehead atoms. The number of fused-ring (bicyclic) bond motifs is 1. The van der Waals surface area contributed by atoms with Crippen LogP contribution >= 0.6 is 0 Å². The van der Waals surface area contributed by atoms with Gasteiger partial charge in [-0.25, -0.2) is 4.98 Å². The molecule has 0 radical (unpaired) electrons. The topological polar surface area (TPSA) is 48.8 Å². The van der Waals surface area contributed by atoms with E-state index in [2.05, 4.69) is 59.2 Å². The van der Waals surface area contributed by atoms with Crippen molar-refractivity contribution < 1.29 is 9.84 Å². The van der Waals surface area contributed by atoms with Crippen molar-refractivity contribution in [2.75, 3.05) is 50.8 Å². The first-order chi connectivity index (χ1) is 14.8. The molecule has 30 heavy (non-hydrogen) atoms. The van der Waals surface area contributed by atoms with Gasteiger partial charge in [-0.1, -0.05) is 49.4 Å². The van der Waals surface area contributed by atoms with E-state index in [0.717, 1.165) is 55.5 Å². The number of ether oxygens (including phenoxy) is 1. The van der Waals surface area contributed by atoms with Crippen LogP contribution in [0.5, 0.6) is 5.75 Å². The Balaban J connectivity index is 1.58. The first kappa shape index (κ1) is 20.4. The minimum Gasteiger partial charge on any atom is -0.491 e. The maximum atomic E-state index is 8.86. The zero-order valence-electron chi connectivity index (χ0n) is 17.5. The van der Waals surface area contributed by atoms with Crippen LogP contribution in [0.15, 0.2) is 54.6 Å². The molecule has 1 aromatic heterocycles. The van der Waals surface area contributed by atoms with E-state index in [9.17, 15) is 0 Å². The summed E-state index contributed by atoms with van der Waals surface area (Å²) in [6.45, 7) is 7.83. The summed E-state index contributed by atoms with van der Waals surface area (Å²) in [5.74, 6) is 1.84. The smallest absolute Gasteiger partial charge is 0.137 e. The Morgan fingerprint density at radius 2 is 1.77 bits per heavy atom. The number of aliphatic hydroxyl groups excluding tert-OH is 1. The van der Waals surface area contributed by atoms with Gasteiger partial charge < -0.3 is 19.6 Å². The van der Waals surface area contributed by atoms with Crippen molar-refractivity contribution in [3.05, 3.63) is 65.9 Å². The van der Waals surface area contributed by atoms with Crippen LogP contribution in [0.2, 0.25) is 0 Å². The lowest BCUT2D eigenvalue weighted by molar-refractivity contribution is 0.201. The monoisotopic (exact) mass is 403 g/mol. The number of aliphatic hydroxyl groups is 1. The molecule has 4 rings (SSSR count). The zero-order valence-corrected chi connectivity index (χ0v) is 17.5. The number of hydrogen-bond donors (Lipinski definition) is 1.